The van der Waals surface area contributed by atoms with E-state index in [0.717, 1.165) is 12.8 Å². The molecule has 5 aromatic rings. The summed E-state index contributed by atoms with van der Waals surface area (Å²) in [5.41, 5.74) is 4.55. The first kappa shape index (κ1) is 32.1. The highest BCUT2D eigenvalue weighted by Gasteiger charge is 2.58. The molecule has 0 spiro atoms. The molecule has 232 valence electrons. The molecule has 5 heteroatoms. The highest BCUT2D eigenvalue weighted by molar-refractivity contribution is 7.11. The van der Waals surface area contributed by atoms with Gasteiger partial charge in [0, 0.05) is 5.54 Å². The number of hydrogen-bond acceptors (Lipinski definition) is 2. The molecule has 0 saturated heterocycles. The van der Waals surface area contributed by atoms with Crippen molar-refractivity contribution in [2.75, 3.05) is 0 Å². The molecule has 0 bridgehead atoms. The van der Waals surface area contributed by atoms with E-state index in [1.165, 1.54) is 51.6 Å². The number of benzene rings is 5. The van der Waals surface area contributed by atoms with Gasteiger partial charge in [0.2, 0.25) is 0 Å². The van der Waals surface area contributed by atoms with Gasteiger partial charge in [-0.2, -0.15) is 0 Å². The van der Waals surface area contributed by atoms with Crippen LogP contribution in [-0.4, -0.2) is 25.2 Å². The minimum Gasteiger partial charge on any atom is -0.422 e. The van der Waals surface area contributed by atoms with Crippen LogP contribution in [0.2, 0.25) is 5.54 Å². The van der Waals surface area contributed by atoms with E-state index in [9.17, 15) is 0 Å². The highest BCUT2D eigenvalue weighted by Crippen LogP contribution is 2.40. The summed E-state index contributed by atoms with van der Waals surface area (Å²) in [6.45, 7) is 9.11. The second-order valence-corrected chi connectivity index (χ2v) is 22.7. The molecule has 0 aromatic heterocycles. The molecule has 6 rings (SSSR count). The van der Waals surface area contributed by atoms with Crippen LogP contribution < -0.4 is 25.9 Å². The molecule has 1 aliphatic carbocycles. The van der Waals surface area contributed by atoms with Crippen molar-refractivity contribution in [1.82, 2.24) is 0 Å². The van der Waals surface area contributed by atoms with Crippen LogP contribution in [0.25, 0.3) is 0 Å². The fraction of sp³-hybridized carbons (Fsp3) is 0.171. The smallest absolute Gasteiger partial charge is 0.356 e. The van der Waals surface area contributed by atoms with Crippen molar-refractivity contribution in [3.05, 3.63) is 176 Å². The van der Waals surface area contributed by atoms with Gasteiger partial charge < -0.3 is 8.23 Å². The van der Waals surface area contributed by atoms with E-state index in [4.69, 9.17) is 8.23 Å². The molecular weight excluding hydrogens is 609 g/mol. The van der Waals surface area contributed by atoms with Crippen LogP contribution in [0.4, 0.5) is 0 Å². The van der Waals surface area contributed by atoms with E-state index in [-0.39, 0.29) is 5.54 Å². The minimum absolute atomic E-state index is 0.260. The van der Waals surface area contributed by atoms with Gasteiger partial charge in [0.1, 0.15) is 0 Å². The van der Waals surface area contributed by atoms with Crippen LogP contribution in [0.1, 0.15) is 38.5 Å². The first-order valence-corrected chi connectivity index (χ1v) is 22.5. The zero-order chi connectivity index (χ0) is 31.7. The standard InChI is InChI=1S/C41H44O2Si3/c1-3-44(36-24-14-7-15-25-36,37-26-16-8-17-27-37)42-46(41-34-22-11-23-35-41,40-32-12-5-6-13-33-40)43-45(4-2,38-28-18-9-19-29-38)39-30-20-10-21-31-39/h3-4,7-11,14-31,34-35,40H,1-2,5-6,12-13,32-33H2. The van der Waals surface area contributed by atoms with Crippen LogP contribution >= 0.6 is 0 Å². The summed E-state index contributed by atoms with van der Waals surface area (Å²) in [5.74, 6) is 0. The van der Waals surface area contributed by atoms with E-state index < -0.39 is 25.2 Å². The predicted molar refractivity (Wildman–Crippen MR) is 202 cm³/mol. The summed E-state index contributed by atoms with van der Waals surface area (Å²) in [5, 5.41) is 5.94. The van der Waals surface area contributed by atoms with Gasteiger partial charge in [0.25, 0.3) is 16.6 Å². The van der Waals surface area contributed by atoms with Crippen LogP contribution in [0.15, 0.2) is 176 Å². The van der Waals surface area contributed by atoms with Gasteiger partial charge in [-0.1, -0.05) is 189 Å². The van der Waals surface area contributed by atoms with Crippen LogP contribution in [-0.2, 0) is 8.23 Å². The lowest BCUT2D eigenvalue weighted by Crippen LogP contribution is -2.76. The van der Waals surface area contributed by atoms with Crippen molar-refractivity contribution < 1.29 is 8.23 Å². The minimum atomic E-state index is -3.37. The lowest BCUT2D eigenvalue weighted by molar-refractivity contribution is 0.374. The predicted octanol–water partition coefficient (Wildman–Crippen LogP) is 7.06. The molecule has 0 heterocycles. The Balaban J connectivity index is 1.68. The SMILES string of the molecule is C=C[Si](O[Si](O[Si](C=C)(c1ccccc1)c1ccccc1)(c1ccccc1)C1CCCCCC1)(c1ccccc1)c1ccccc1. The molecule has 0 aliphatic heterocycles. The fourth-order valence-electron chi connectivity index (χ4n) is 7.22. The molecule has 2 nitrogen and oxygen atoms in total. The molecule has 46 heavy (non-hydrogen) atoms. The van der Waals surface area contributed by atoms with Gasteiger partial charge in [0.15, 0.2) is 0 Å². The van der Waals surface area contributed by atoms with E-state index in [1.807, 2.05) is 0 Å². The van der Waals surface area contributed by atoms with E-state index in [2.05, 4.69) is 176 Å². The Morgan fingerprint density at radius 1 is 0.413 bits per heavy atom. The van der Waals surface area contributed by atoms with E-state index >= 15 is 0 Å². The third kappa shape index (κ3) is 6.26. The molecule has 0 atom stereocenters. The summed E-state index contributed by atoms with van der Waals surface area (Å²) in [6.07, 6.45) is 7.02. The summed E-state index contributed by atoms with van der Waals surface area (Å²) < 4.78 is 16.5. The summed E-state index contributed by atoms with van der Waals surface area (Å²) in [6, 6.07) is 54.1. The number of rotatable bonds is 12. The lowest BCUT2D eigenvalue weighted by atomic mass is 10.2. The lowest BCUT2D eigenvalue weighted by Gasteiger charge is -2.48. The average molecular weight is 653 g/mol. The Labute approximate surface area is 278 Å². The zero-order valence-corrected chi connectivity index (χ0v) is 29.6. The maximum atomic E-state index is 8.25. The quantitative estimate of drug-likeness (QED) is 0.106. The van der Waals surface area contributed by atoms with Crippen molar-refractivity contribution in [3.63, 3.8) is 0 Å². The Hall–Kier alpha value is -3.85. The molecule has 0 radical (unpaired) electrons. The summed E-state index contributed by atoms with van der Waals surface area (Å²) in [4.78, 5) is 0. The number of hydrogen-bond donors (Lipinski definition) is 0. The van der Waals surface area contributed by atoms with Crippen molar-refractivity contribution in [2.45, 2.75) is 44.1 Å². The summed E-state index contributed by atoms with van der Waals surface area (Å²) >= 11 is 0. The molecule has 1 fully saturated rings. The maximum absolute atomic E-state index is 8.25. The topological polar surface area (TPSA) is 18.5 Å². The summed E-state index contributed by atoms with van der Waals surface area (Å²) in [7, 11) is -9.50. The first-order valence-electron chi connectivity index (χ1n) is 16.6. The Kier molecular flexibility index (Phi) is 10.3. The van der Waals surface area contributed by atoms with Gasteiger partial charge in [-0.3, -0.25) is 0 Å². The molecule has 0 unspecified atom stereocenters. The molecule has 0 N–H and O–H groups in total. The van der Waals surface area contributed by atoms with E-state index in [0.29, 0.717) is 0 Å². The van der Waals surface area contributed by atoms with Crippen molar-refractivity contribution in [1.29, 1.82) is 0 Å². The Morgan fingerprint density at radius 2 is 0.696 bits per heavy atom. The molecule has 1 aliphatic rings. The van der Waals surface area contributed by atoms with Crippen LogP contribution in [0.3, 0.4) is 0 Å². The van der Waals surface area contributed by atoms with Crippen molar-refractivity contribution in [2.24, 2.45) is 0 Å². The third-order valence-corrected chi connectivity index (χ3v) is 23.3. The molecule has 5 aromatic carbocycles. The van der Waals surface area contributed by atoms with Gasteiger partial charge in [-0.25, -0.2) is 0 Å². The second kappa shape index (κ2) is 14.7. The third-order valence-electron chi connectivity index (χ3n) is 9.58. The van der Waals surface area contributed by atoms with Gasteiger partial charge in [0.05, 0.1) is 0 Å². The van der Waals surface area contributed by atoms with E-state index in [1.54, 1.807) is 0 Å². The monoisotopic (exact) mass is 652 g/mol. The average Bonchev–Trinajstić information content (AvgIpc) is 3.45. The van der Waals surface area contributed by atoms with Crippen molar-refractivity contribution in [3.8, 4) is 0 Å². The molecule has 1 saturated carbocycles. The fourth-order valence-corrected chi connectivity index (χ4v) is 23.1. The molecule has 0 amide bonds. The Bertz CT molecular complexity index is 1500. The van der Waals surface area contributed by atoms with Gasteiger partial charge in [-0.05, 0) is 38.8 Å². The Morgan fingerprint density at radius 3 is 0.978 bits per heavy atom. The van der Waals surface area contributed by atoms with Crippen LogP contribution in [0.5, 0.6) is 0 Å². The maximum Gasteiger partial charge on any atom is 0.356 e. The van der Waals surface area contributed by atoms with Crippen molar-refractivity contribution >= 4 is 51.1 Å². The van der Waals surface area contributed by atoms with Gasteiger partial charge in [-0.15, -0.1) is 13.2 Å². The van der Waals surface area contributed by atoms with Gasteiger partial charge >= 0.3 is 8.56 Å². The normalized spacial score (nSPS) is 14.7. The highest BCUT2D eigenvalue weighted by atomic mass is 28.5. The largest absolute Gasteiger partial charge is 0.422 e. The second-order valence-electron chi connectivity index (χ2n) is 12.3. The molecular formula is C41H44O2Si3. The zero-order valence-electron chi connectivity index (χ0n) is 26.6. The van der Waals surface area contributed by atoms with Crippen LogP contribution in [0, 0.1) is 0 Å². The first-order chi connectivity index (χ1) is 22.7.